The Hall–Kier alpha value is -4.02. The van der Waals surface area contributed by atoms with Crippen LogP contribution in [0, 0.1) is 0 Å². The average Bonchev–Trinajstić information content (AvgIpc) is 3.32. The first-order valence-corrected chi connectivity index (χ1v) is 12.4. The smallest absolute Gasteiger partial charge is 0.197 e. The molecule has 3 nitrogen and oxygen atoms in total. The topological polar surface area (TPSA) is 39.4 Å². The molecule has 4 heteroatoms. The second kappa shape index (κ2) is 10.5. The minimum atomic E-state index is -0.0602. The van der Waals surface area contributed by atoms with E-state index in [1.807, 2.05) is 103 Å². The summed E-state index contributed by atoms with van der Waals surface area (Å²) in [6.07, 6.45) is 0. The van der Waals surface area contributed by atoms with E-state index in [0.29, 0.717) is 22.6 Å². The van der Waals surface area contributed by atoms with Gasteiger partial charge in [0.25, 0.3) is 0 Å². The Morgan fingerprint density at radius 3 is 1.97 bits per heavy atom. The third-order valence-electron chi connectivity index (χ3n) is 5.77. The lowest BCUT2D eigenvalue weighted by atomic mass is 9.92. The highest BCUT2D eigenvalue weighted by atomic mass is 32.2. The fraction of sp³-hybridized carbons (Fsp3) is 0.0645. The number of thioether (sulfide) groups is 1. The summed E-state index contributed by atoms with van der Waals surface area (Å²) in [5, 5.41) is 0. The number of hydrogen-bond acceptors (Lipinski definition) is 4. The molecule has 172 valence electrons. The van der Waals surface area contributed by atoms with Crippen LogP contribution >= 0.6 is 11.8 Å². The summed E-state index contributed by atoms with van der Waals surface area (Å²) < 4.78 is 11.9. The van der Waals surface area contributed by atoms with Crippen LogP contribution in [0.25, 0.3) is 22.5 Å². The Bertz CT molecular complexity index is 1410. The molecule has 0 saturated carbocycles. The highest BCUT2D eigenvalue weighted by molar-refractivity contribution is 7.98. The number of methoxy groups -OCH3 is 1. The summed E-state index contributed by atoms with van der Waals surface area (Å²) in [6, 6.07) is 37.2. The van der Waals surface area contributed by atoms with Gasteiger partial charge in [-0.3, -0.25) is 4.79 Å². The molecule has 0 aliphatic heterocycles. The predicted octanol–water partition coefficient (Wildman–Crippen LogP) is 8.15. The minimum absolute atomic E-state index is 0.0602. The quantitative estimate of drug-likeness (QED) is 0.167. The first-order chi connectivity index (χ1) is 17.2. The van der Waals surface area contributed by atoms with Gasteiger partial charge in [0.15, 0.2) is 5.78 Å². The molecule has 0 N–H and O–H groups in total. The van der Waals surface area contributed by atoms with E-state index >= 15 is 0 Å². The van der Waals surface area contributed by atoms with Crippen LogP contribution in [0.4, 0.5) is 0 Å². The zero-order chi connectivity index (χ0) is 24.0. The molecule has 0 unspecified atom stereocenters. The zero-order valence-electron chi connectivity index (χ0n) is 19.3. The molecule has 0 spiro atoms. The standard InChI is InChI=1S/C31H24O3S/c1-33-25-19-17-22(18-20-25)28-27(21-35-26-15-9-4-10-16-26)34-31(24-13-7-3-8-14-24)29(28)30(32)23-11-5-2-6-12-23/h2-20H,21H2,1H3. The lowest BCUT2D eigenvalue weighted by Crippen LogP contribution is -2.04. The van der Waals surface area contributed by atoms with Gasteiger partial charge >= 0.3 is 0 Å². The van der Waals surface area contributed by atoms with Crippen LogP contribution in [-0.4, -0.2) is 12.9 Å². The van der Waals surface area contributed by atoms with E-state index in [1.54, 1.807) is 18.9 Å². The van der Waals surface area contributed by atoms with Crippen molar-refractivity contribution in [3.8, 4) is 28.2 Å². The number of ether oxygens (including phenoxy) is 1. The summed E-state index contributed by atoms with van der Waals surface area (Å²) in [4.78, 5) is 15.1. The SMILES string of the molecule is COc1ccc(-c2c(CSc3ccccc3)oc(-c3ccccc3)c2C(=O)c2ccccc2)cc1. The number of carbonyl (C=O) groups excluding carboxylic acids is 1. The van der Waals surface area contributed by atoms with Crippen molar-refractivity contribution in [3.63, 3.8) is 0 Å². The number of carbonyl (C=O) groups is 1. The van der Waals surface area contributed by atoms with Gasteiger partial charge in [-0.2, -0.15) is 0 Å². The molecule has 0 radical (unpaired) electrons. The van der Waals surface area contributed by atoms with Crippen molar-refractivity contribution in [3.05, 3.63) is 132 Å². The Kier molecular flexibility index (Phi) is 6.82. The molecule has 5 aromatic rings. The predicted molar refractivity (Wildman–Crippen MR) is 142 cm³/mol. The maximum atomic E-state index is 14.0. The van der Waals surface area contributed by atoms with E-state index in [0.717, 1.165) is 33.1 Å². The fourth-order valence-corrected chi connectivity index (χ4v) is 4.90. The van der Waals surface area contributed by atoms with E-state index in [-0.39, 0.29) is 5.78 Å². The number of furan rings is 1. The van der Waals surface area contributed by atoms with Gasteiger partial charge in [0.1, 0.15) is 17.3 Å². The van der Waals surface area contributed by atoms with E-state index < -0.39 is 0 Å². The highest BCUT2D eigenvalue weighted by Crippen LogP contribution is 2.42. The molecular formula is C31H24O3S. The second-order valence-corrected chi connectivity index (χ2v) is 9.04. The third kappa shape index (κ3) is 4.93. The van der Waals surface area contributed by atoms with E-state index in [9.17, 15) is 4.79 Å². The van der Waals surface area contributed by atoms with Crippen LogP contribution in [0.3, 0.4) is 0 Å². The van der Waals surface area contributed by atoms with E-state index in [4.69, 9.17) is 9.15 Å². The van der Waals surface area contributed by atoms with Gasteiger partial charge in [-0.25, -0.2) is 0 Å². The van der Waals surface area contributed by atoms with Crippen molar-refractivity contribution in [1.29, 1.82) is 0 Å². The van der Waals surface area contributed by atoms with Crippen molar-refractivity contribution in [2.45, 2.75) is 10.6 Å². The minimum Gasteiger partial charge on any atom is -0.497 e. The van der Waals surface area contributed by atoms with E-state index in [2.05, 4.69) is 12.1 Å². The Morgan fingerprint density at radius 1 is 0.743 bits per heavy atom. The number of ketones is 1. The van der Waals surface area contributed by atoms with Gasteiger partial charge in [0.05, 0.1) is 18.4 Å². The van der Waals surface area contributed by atoms with Crippen LogP contribution in [0.5, 0.6) is 5.75 Å². The molecule has 0 aliphatic carbocycles. The molecule has 0 fully saturated rings. The third-order valence-corrected chi connectivity index (χ3v) is 6.78. The highest BCUT2D eigenvalue weighted by Gasteiger charge is 2.28. The van der Waals surface area contributed by atoms with Gasteiger partial charge in [0, 0.05) is 21.6 Å². The van der Waals surface area contributed by atoms with Crippen molar-refractivity contribution < 1.29 is 13.9 Å². The normalized spacial score (nSPS) is 10.8. The molecule has 0 aliphatic rings. The number of rotatable bonds is 8. The van der Waals surface area contributed by atoms with Crippen molar-refractivity contribution in [2.75, 3.05) is 7.11 Å². The molecule has 1 aromatic heterocycles. The Labute approximate surface area is 209 Å². The maximum absolute atomic E-state index is 14.0. The van der Waals surface area contributed by atoms with Crippen LogP contribution in [0.1, 0.15) is 21.7 Å². The van der Waals surface area contributed by atoms with Crippen LogP contribution in [0.2, 0.25) is 0 Å². The van der Waals surface area contributed by atoms with Crippen molar-refractivity contribution in [2.24, 2.45) is 0 Å². The van der Waals surface area contributed by atoms with Crippen molar-refractivity contribution in [1.82, 2.24) is 0 Å². The molecule has 35 heavy (non-hydrogen) atoms. The monoisotopic (exact) mass is 476 g/mol. The Morgan fingerprint density at radius 2 is 1.34 bits per heavy atom. The summed E-state index contributed by atoms with van der Waals surface area (Å²) in [5.74, 6) is 2.65. The number of benzene rings is 4. The lowest BCUT2D eigenvalue weighted by molar-refractivity contribution is 0.103. The average molecular weight is 477 g/mol. The van der Waals surface area contributed by atoms with E-state index in [1.165, 1.54) is 0 Å². The zero-order valence-corrected chi connectivity index (χ0v) is 20.1. The molecule has 0 saturated heterocycles. The van der Waals surface area contributed by atoms with Crippen molar-refractivity contribution >= 4 is 17.5 Å². The van der Waals surface area contributed by atoms with Gasteiger partial charge in [-0.05, 0) is 29.8 Å². The van der Waals surface area contributed by atoms with Gasteiger partial charge in [-0.1, -0.05) is 91.0 Å². The van der Waals surface area contributed by atoms with Gasteiger partial charge < -0.3 is 9.15 Å². The summed E-state index contributed by atoms with van der Waals surface area (Å²) in [6.45, 7) is 0. The summed E-state index contributed by atoms with van der Waals surface area (Å²) in [7, 11) is 1.65. The molecule has 0 atom stereocenters. The molecule has 5 rings (SSSR count). The van der Waals surface area contributed by atoms with Crippen LogP contribution in [-0.2, 0) is 5.75 Å². The van der Waals surface area contributed by atoms with Crippen LogP contribution in [0.15, 0.2) is 125 Å². The molecule has 0 bridgehead atoms. The lowest BCUT2D eigenvalue weighted by Gasteiger charge is -2.09. The maximum Gasteiger partial charge on any atom is 0.197 e. The van der Waals surface area contributed by atoms with Gasteiger partial charge in [0.2, 0.25) is 0 Å². The summed E-state index contributed by atoms with van der Waals surface area (Å²) >= 11 is 1.69. The Balaban J connectivity index is 1.70. The first kappa shape index (κ1) is 22.8. The molecule has 1 heterocycles. The molecule has 0 amide bonds. The molecule has 4 aromatic carbocycles. The fourth-order valence-electron chi connectivity index (χ4n) is 4.05. The second-order valence-electron chi connectivity index (χ2n) is 8.00. The molecular weight excluding hydrogens is 452 g/mol. The van der Waals surface area contributed by atoms with Crippen LogP contribution < -0.4 is 4.74 Å². The number of hydrogen-bond donors (Lipinski definition) is 0. The largest absolute Gasteiger partial charge is 0.497 e. The van der Waals surface area contributed by atoms with Gasteiger partial charge in [-0.15, -0.1) is 11.8 Å². The summed E-state index contributed by atoms with van der Waals surface area (Å²) in [5.41, 5.74) is 3.82. The first-order valence-electron chi connectivity index (χ1n) is 11.4.